The van der Waals surface area contributed by atoms with E-state index in [1.54, 1.807) is 42.3 Å². The molecule has 1 amide bonds. The van der Waals surface area contributed by atoms with Crippen LogP contribution in [0.1, 0.15) is 26.3 Å². The summed E-state index contributed by atoms with van der Waals surface area (Å²) in [5.74, 6) is -0.475. The van der Waals surface area contributed by atoms with Crippen molar-refractivity contribution < 1.29 is 14.3 Å². The molecule has 0 saturated heterocycles. The average Bonchev–Trinajstić information content (AvgIpc) is 2.53. The van der Waals surface area contributed by atoms with Crippen LogP contribution in [0.2, 0.25) is 0 Å². The normalized spacial score (nSPS) is 10.0. The number of hydrogen-bond donors (Lipinski definition) is 0. The molecular formula is C17H17NO3. The van der Waals surface area contributed by atoms with Crippen molar-refractivity contribution in [3.8, 4) is 0 Å². The molecule has 0 spiro atoms. The van der Waals surface area contributed by atoms with Crippen LogP contribution in [0.4, 0.5) is 5.69 Å². The van der Waals surface area contributed by atoms with E-state index in [1.807, 2.05) is 25.1 Å². The van der Waals surface area contributed by atoms with Gasteiger partial charge in [0.15, 0.2) is 0 Å². The molecule has 0 fully saturated rings. The topological polar surface area (TPSA) is 46.6 Å². The van der Waals surface area contributed by atoms with Gasteiger partial charge >= 0.3 is 5.97 Å². The first-order valence-electron chi connectivity index (χ1n) is 6.56. The monoisotopic (exact) mass is 283 g/mol. The summed E-state index contributed by atoms with van der Waals surface area (Å²) in [6.45, 7) is 1.82. The Morgan fingerprint density at radius 1 is 1.05 bits per heavy atom. The average molecular weight is 283 g/mol. The number of ether oxygens (including phenoxy) is 1. The van der Waals surface area contributed by atoms with Gasteiger partial charge < -0.3 is 9.64 Å². The zero-order chi connectivity index (χ0) is 15.4. The minimum absolute atomic E-state index is 0.0965. The van der Waals surface area contributed by atoms with Crippen molar-refractivity contribution in [2.75, 3.05) is 19.1 Å². The van der Waals surface area contributed by atoms with E-state index in [1.165, 1.54) is 7.11 Å². The lowest BCUT2D eigenvalue weighted by Crippen LogP contribution is -2.26. The fraction of sp³-hybridized carbons (Fsp3) is 0.176. The van der Waals surface area contributed by atoms with Gasteiger partial charge in [-0.2, -0.15) is 0 Å². The number of carbonyl (C=O) groups excluding carboxylic acids is 2. The van der Waals surface area contributed by atoms with Gasteiger partial charge in [0.1, 0.15) is 0 Å². The van der Waals surface area contributed by atoms with Crippen molar-refractivity contribution in [2.24, 2.45) is 0 Å². The predicted octanol–water partition coefficient (Wildman–Crippen LogP) is 3.06. The third-order valence-electron chi connectivity index (χ3n) is 3.33. The second-order valence-corrected chi connectivity index (χ2v) is 4.72. The lowest BCUT2D eigenvalue weighted by Gasteiger charge is -2.18. The first kappa shape index (κ1) is 14.8. The number of rotatable bonds is 3. The lowest BCUT2D eigenvalue weighted by atomic mass is 10.1. The van der Waals surface area contributed by atoms with Crippen molar-refractivity contribution in [2.45, 2.75) is 6.92 Å². The van der Waals surface area contributed by atoms with E-state index in [0.29, 0.717) is 11.1 Å². The van der Waals surface area contributed by atoms with Crippen LogP contribution in [0.15, 0.2) is 48.5 Å². The van der Waals surface area contributed by atoms with Crippen LogP contribution in [-0.4, -0.2) is 26.0 Å². The molecule has 4 heteroatoms. The molecule has 0 unspecified atom stereocenters. The minimum atomic E-state index is -0.379. The molecule has 2 aromatic carbocycles. The van der Waals surface area contributed by atoms with Crippen LogP contribution in [0.5, 0.6) is 0 Å². The molecule has 4 nitrogen and oxygen atoms in total. The SMILES string of the molecule is COC(=O)c1ccc(N(C)C(=O)c2ccccc2)cc1C. The third kappa shape index (κ3) is 3.11. The summed E-state index contributed by atoms with van der Waals surface area (Å²) in [6, 6.07) is 14.3. The molecule has 0 N–H and O–H groups in total. The summed E-state index contributed by atoms with van der Waals surface area (Å²) in [4.78, 5) is 25.5. The van der Waals surface area contributed by atoms with E-state index >= 15 is 0 Å². The highest BCUT2D eigenvalue weighted by atomic mass is 16.5. The van der Waals surface area contributed by atoms with E-state index in [-0.39, 0.29) is 11.9 Å². The Hall–Kier alpha value is -2.62. The Morgan fingerprint density at radius 2 is 1.71 bits per heavy atom. The maximum absolute atomic E-state index is 12.4. The maximum atomic E-state index is 12.4. The molecule has 0 atom stereocenters. The molecule has 0 saturated carbocycles. The number of nitrogens with zero attached hydrogens (tertiary/aromatic N) is 1. The highest BCUT2D eigenvalue weighted by Crippen LogP contribution is 2.20. The smallest absolute Gasteiger partial charge is 0.338 e. The molecule has 0 bridgehead atoms. The van der Waals surface area contributed by atoms with Gasteiger partial charge in [0, 0.05) is 18.3 Å². The molecular weight excluding hydrogens is 266 g/mol. The number of anilines is 1. The second-order valence-electron chi connectivity index (χ2n) is 4.72. The summed E-state index contributed by atoms with van der Waals surface area (Å²) < 4.78 is 4.71. The number of benzene rings is 2. The Balaban J connectivity index is 2.28. The van der Waals surface area contributed by atoms with Crippen LogP contribution in [-0.2, 0) is 4.74 Å². The lowest BCUT2D eigenvalue weighted by molar-refractivity contribution is 0.0600. The van der Waals surface area contributed by atoms with E-state index < -0.39 is 0 Å². The number of esters is 1. The second kappa shape index (κ2) is 6.22. The zero-order valence-electron chi connectivity index (χ0n) is 12.3. The highest BCUT2D eigenvalue weighted by molar-refractivity contribution is 6.06. The van der Waals surface area contributed by atoms with Crippen molar-refractivity contribution in [1.29, 1.82) is 0 Å². The molecule has 21 heavy (non-hydrogen) atoms. The van der Waals surface area contributed by atoms with Crippen LogP contribution in [0.3, 0.4) is 0 Å². The van der Waals surface area contributed by atoms with Gasteiger partial charge in [-0.05, 0) is 42.8 Å². The van der Waals surface area contributed by atoms with Crippen LogP contribution in [0.25, 0.3) is 0 Å². The number of carbonyl (C=O) groups is 2. The fourth-order valence-electron chi connectivity index (χ4n) is 2.09. The zero-order valence-corrected chi connectivity index (χ0v) is 12.3. The molecule has 0 aliphatic carbocycles. The quantitative estimate of drug-likeness (QED) is 0.813. The van der Waals surface area contributed by atoms with Gasteiger partial charge in [-0.15, -0.1) is 0 Å². The first-order valence-corrected chi connectivity index (χ1v) is 6.56. The fourth-order valence-corrected chi connectivity index (χ4v) is 2.09. The van der Waals surface area contributed by atoms with Crippen molar-refractivity contribution in [3.05, 3.63) is 65.2 Å². The van der Waals surface area contributed by atoms with Gasteiger partial charge in [0.2, 0.25) is 0 Å². The van der Waals surface area contributed by atoms with Crippen LogP contribution >= 0.6 is 0 Å². The van der Waals surface area contributed by atoms with Crippen molar-refractivity contribution >= 4 is 17.6 Å². The molecule has 108 valence electrons. The van der Waals surface area contributed by atoms with Crippen molar-refractivity contribution in [3.63, 3.8) is 0 Å². The summed E-state index contributed by atoms with van der Waals surface area (Å²) in [5.41, 5.74) is 2.62. The minimum Gasteiger partial charge on any atom is -0.465 e. The Labute approximate surface area is 124 Å². The standard InChI is InChI=1S/C17H17NO3/c1-12-11-14(9-10-15(12)17(20)21-3)18(2)16(19)13-7-5-4-6-8-13/h4-11H,1-3H3. The van der Waals surface area contributed by atoms with E-state index in [0.717, 1.165) is 11.3 Å². The number of methoxy groups -OCH3 is 1. The molecule has 0 aliphatic rings. The molecule has 2 rings (SSSR count). The third-order valence-corrected chi connectivity index (χ3v) is 3.33. The van der Waals surface area contributed by atoms with Crippen molar-refractivity contribution in [1.82, 2.24) is 0 Å². The molecule has 0 aliphatic heterocycles. The summed E-state index contributed by atoms with van der Waals surface area (Å²) in [6.07, 6.45) is 0. The largest absolute Gasteiger partial charge is 0.465 e. The van der Waals surface area contributed by atoms with E-state index in [4.69, 9.17) is 4.74 Å². The number of aryl methyl sites for hydroxylation is 1. The van der Waals surface area contributed by atoms with Gasteiger partial charge in [-0.3, -0.25) is 4.79 Å². The maximum Gasteiger partial charge on any atom is 0.338 e. The van der Waals surface area contributed by atoms with Gasteiger partial charge in [0.25, 0.3) is 5.91 Å². The Kier molecular flexibility index (Phi) is 4.38. The van der Waals surface area contributed by atoms with Crippen LogP contribution in [0, 0.1) is 6.92 Å². The molecule has 0 heterocycles. The molecule has 0 radical (unpaired) electrons. The summed E-state index contributed by atoms with van der Waals surface area (Å²) in [5, 5.41) is 0. The Bertz CT molecular complexity index is 665. The van der Waals surface area contributed by atoms with Gasteiger partial charge in [0.05, 0.1) is 12.7 Å². The predicted molar refractivity (Wildman–Crippen MR) is 81.7 cm³/mol. The van der Waals surface area contributed by atoms with Gasteiger partial charge in [-0.25, -0.2) is 4.79 Å². The Morgan fingerprint density at radius 3 is 2.29 bits per heavy atom. The molecule has 2 aromatic rings. The number of amides is 1. The van der Waals surface area contributed by atoms with Gasteiger partial charge in [-0.1, -0.05) is 18.2 Å². The van der Waals surface area contributed by atoms with E-state index in [9.17, 15) is 9.59 Å². The highest BCUT2D eigenvalue weighted by Gasteiger charge is 2.15. The van der Waals surface area contributed by atoms with Crippen LogP contribution < -0.4 is 4.90 Å². The van der Waals surface area contributed by atoms with E-state index in [2.05, 4.69) is 0 Å². The molecule has 0 aromatic heterocycles. The number of hydrogen-bond acceptors (Lipinski definition) is 3. The summed E-state index contributed by atoms with van der Waals surface area (Å²) >= 11 is 0. The summed E-state index contributed by atoms with van der Waals surface area (Å²) in [7, 11) is 3.06. The first-order chi connectivity index (χ1) is 10.0.